The number of hydrogen-bond acceptors (Lipinski definition) is 2. The van der Waals surface area contributed by atoms with Crippen molar-refractivity contribution in [2.45, 2.75) is 19.8 Å². The molecule has 1 aromatic rings. The molecule has 0 atom stereocenters. The molecule has 1 heterocycles. The predicted octanol–water partition coefficient (Wildman–Crippen LogP) is 1.07. The van der Waals surface area contributed by atoms with Gasteiger partial charge in [-0.05, 0) is 18.6 Å². The summed E-state index contributed by atoms with van der Waals surface area (Å²) in [6, 6.07) is 8.09. The van der Waals surface area contributed by atoms with Crippen LogP contribution in [0.2, 0.25) is 0 Å². The molecule has 0 bridgehead atoms. The molecule has 1 N–H and O–H groups in total. The zero-order valence-corrected chi connectivity index (χ0v) is 11.3. The minimum absolute atomic E-state index is 0.639. The Morgan fingerprint density at radius 2 is 1.83 bits per heavy atom. The molecule has 1 aromatic carbocycles. The Balaban J connectivity index is 1.52. The van der Waals surface area contributed by atoms with Crippen molar-refractivity contribution in [2.24, 2.45) is 0 Å². The van der Waals surface area contributed by atoms with E-state index in [4.69, 9.17) is 9.47 Å². The fraction of sp³-hybridized carbons (Fsp3) is 0.600. The summed E-state index contributed by atoms with van der Waals surface area (Å²) in [6.45, 7) is 8.03. The number of quaternary nitrogens is 1. The lowest BCUT2D eigenvalue weighted by Gasteiger charge is -2.12. The van der Waals surface area contributed by atoms with E-state index >= 15 is 0 Å². The molecule has 1 aliphatic rings. The zero-order valence-electron chi connectivity index (χ0n) is 11.3. The van der Waals surface area contributed by atoms with E-state index < -0.39 is 0 Å². The molecular weight excluding hydrogens is 226 g/mol. The molecule has 0 aromatic heterocycles. The lowest BCUT2D eigenvalue weighted by atomic mass is 10.2. The number of ether oxygens (including phenoxy) is 2. The van der Waals surface area contributed by atoms with E-state index in [1.165, 1.54) is 31.5 Å². The van der Waals surface area contributed by atoms with Crippen molar-refractivity contribution in [1.29, 1.82) is 0 Å². The number of rotatable bonds is 7. The van der Waals surface area contributed by atoms with Crippen LogP contribution >= 0.6 is 0 Å². The van der Waals surface area contributed by atoms with Gasteiger partial charge in [-0.3, -0.25) is 0 Å². The van der Waals surface area contributed by atoms with Crippen LogP contribution in [-0.4, -0.2) is 39.5 Å². The highest BCUT2D eigenvalue weighted by Crippen LogP contribution is 2.15. The van der Waals surface area contributed by atoms with E-state index in [0.29, 0.717) is 13.2 Å². The highest BCUT2D eigenvalue weighted by atomic mass is 16.5. The molecule has 1 saturated heterocycles. The van der Waals surface area contributed by atoms with Crippen molar-refractivity contribution < 1.29 is 14.4 Å². The van der Waals surface area contributed by atoms with Crippen molar-refractivity contribution in [2.75, 3.05) is 39.5 Å². The first-order chi connectivity index (χ1) is 8.86. The van der Waals surface area contributed by atoms with Gasteiger partial charge >= 0.3 is 0 Å². The van der Waals surface area contributed by atoms with E-state index in [0.717, 1.165) is 18.9 Å². The van der Waals surface area contributed by atoms with Crippen molar-refractivity contribution >= 4 is 0 Å². The first-order valence-corrected chi connectivity index (χ1v) is 6.96. The fourth-order valence-corrected chi connectivity index (χ4v) is 2.37. The van der Waals surface area contributed by atoms with Crippen LogP contribution in [0.25, 0.3) is 0 Å². The minimum atomic E-state index is 0.639. The van der Waals surface area contributed by atoms with Crippen molar-refractivity contribution in [1.82, 2.24) is 0 Å². The largest absolute Gasteiger partial charge is 0.491 e. The van der Waals surface area contributed by atoms with Crippen LogP contribution in [0, 0.1) is 6.92 Å². The molecule has 100 valence electrons. The quantitative estimate of drug-likeness (QED) is 0.732. The topological polar surface area (TPSA) is 22.9 Å². The maximum atomic E-state index is 5.68. The summed E-state index contributed by atoms with van der Waals surface area (Å²) < 4.78 is 11.3. The minimum Gasteiger partial charge on any atom is -0.491 e. The Morgan fingerprint density at radius 3 is 2.61 bits per heavy atom. The molecule has 1 fully saturated rings. The Labute approximate surface area is 110 Å². The molecule has 0 saturated carbocycles. The normalized spacial score (nSPS) is 16.1. The first-order valence-electron chi connectivity index (χ1n) is 6.96. The summed E-state index contributed by atoms with van der Waals surface area (Å²) in [5, 5.41) is 0. The molecule has 2 rings (SSSR count). The molecule has 18 heavy (non-hydrogen) atoms. The maximum Gasteiger partial charge on any atom is 0.122 e. The van der Waals surface area contributed by atoms with Gasteiger partial charge in [-0.1, -0.05) is 18.2 Å². The summed E-state index contributed by atoms with van der Waals surface area (Å²) >= 11 is 0. The Kier molecular flexibility index (Phi) is 5.49. The molecule has 0 spiro atoms. The molecule has 0 aliphatic carbocycles. The Hall–Kier alpha value is -1.06. The molecular formula is C15H24NO2+. The summed E-state index contributed by atoms with van der Waals surface area (Å²) in [6.07, 6.45) is 2.76. The zero-order chi connectivity index (χ0) is 12.6. The number of para-hydroxylation sites is 1. The third-order valence-electron chi connectivity index (χ3n) is 3.49. The van der Waals surface area contributed by atoms with Gasteiger partial charge in [-0.2, -0.15) is 0 Å². The van der Waals surface area contributed by atoms with E-state index in [1.54, 1.807) is 4.90 Å². The van der Waals surface area contributed by atoms with E-state index in [2.05, 4.69) is 13.0 Å². The average molecular weight is 250 g/mol. The van der Waals surface area contributed by atoms with Crippen molar-refractivity contribution in [3.8, 4) is 5.75 Å². The summed E-state index contributed by atoms with van der Waals surface area (Å²) in [5.74, 6) is 0.964. The van der Waals surface area contributed by atoms with Gasteiger partial charge in [0.25, 0.3) is 0 Å². The Bertz CT molecular complexity index is 348. The van der Waals surface area contributed by atoms with Crippen LogP contribution in [-0.2, 0) is 4.74 Å². The van der Waals surface area contributed by atoms with Crippen molar-refractivity contribution in [3.63, 3.8) is 0 Å². The van der Waals surface area contributed by atoms with Crippen LogP contribution in [0.3, 0.4) is 0 Å². The Morgan fingerprint density at radius 1 is 1.06 bits per heavy atom. The lowest BCUT2D eigenvalue weighted by molar-refractivity contribution is -0.887. The monoisotopic (exact) mass is 250 g/mol. The van der Waals surface area contributed by atoms with E-state index in [1.807, 2.05) is 18.2 Å². The smallest absolute Gasteiger partial charge is 0.122 e. The number of aryl methyl sites for hydroxylation is 1. The predicted molar refractivity (Wildman–Crippen MR) is 72.3 cm³/mol. The fourth-order valence-electron chi connectivity index (χ4n) is 2.37. The van der Waals surface area contributed by atoms with Gasteiger partial charge in [-0.25, -0.2) is 0 Å². The molecule has 3 heteroatoms. The van der Waals surface area contributed by atoms with Crippen LogP contribution in [0.4, 0.5) is 0 Å². The van der Waals surface area contributed by atoms with Gasteiger partial charge in [0.05, 0.1) is 26.3 Å². The van der Waals surface area contributed by atoms with E-state index in [-0.39, 0.29) is 0 Å². The SMILES string of the molecule is Cc1ccccc1OCCOCC[NH+]1CCCC1. The highest BCUT2D eigenvalue weighted by Gasteiger charge is 2.14. The molecule has 0 amide bonds. The molecule has 1 aliphatic heterocycles. The van der Waals surface area contributed by atoms with Crippen LogP contribution in [0.15, 0.2) is 24.3 Å². The van der Waals surface area contributed by atoms with Crippen LogP contribution < -0.4 is 9.64 Å². The van der Waals surface area contributed by atoms with Crippen LogP contribution in [0.5, 0.6) is 5.75 Å². The third kappa shape index (κ3) is 4.31. The number of hydrogen-bond donors (Lipinski definition) is 1. The summed E-state index contributed by atoms with van der Waals surface area (Å²) in [5.41, 5.74) is 1.18. The van der Waals surface area contributed by atoms with Gasteiger partial charge in [0.15, 0.2) is 0 Å². The average Bonchev–Trinajstić information content (AvgIpc) is 2.89. The molecule has 3 nitrogen and oxygen atoms in total. The number of likely N-dealkylation sites (tertiary alicyclic amines) is 1. The van der Waals surface area contributed by atoms with E-state index in [9.17, 15) is 0 Å². The molecule has 0 radical (unpaired) electrons. The maximum absolute atomic E-state index is 5.68. The number of benzene rings is 1. The summed E-state index contributed by atoms with van der Waals surface area (Å²) in [4.78, 5) is 1.69. The standard InChI is InChI=1S/C15H23NO2/c1-14-6-2-3-7-15(14)18-13-12-17-11-10-16-8-4-5-9-16/h2-3,6-7H,4-5,8-13H2,1H3/p+1. The summed E-state index contributed by atoms with van der Waals surface area (Å²) in [7, 11) is 0. The highest BCUT2D eigenvalue weighted by molar-refractivity contribution is 5.31. The molecule has 0 unspecified atom stereocenters. The van der Waals surface area contributed by atoms with Crippen LogP contribution in [0.1, 0.15) is 18.4 Å². The second-order valence-corrected chi connectivity index (χ2v) is 4.93. The lowest BCUT2D eigenvalue weighted by Crippen LogP contribution is -3.10. The van der Waals surface area contributed by atoms with Gasteiger partial charge in [0, 0.05) is 12.8 Å². The first kappa shape index (κ1) is 13.4. The van der Waals surface area contributed by atoms with Gasteiger partial charge < -0.3 is 14.4 Å². The number of nitrogens with one attached hydrogen (secondary N) is 1. The second kappa shape index (κ2) is 7.39. The van der Waals surface area contributed by atoms with Gasteiger partial charge in [0.2, 0.25) is 0 Å². The van der Waals surface area contributed by atoms with Gasteiger partial charge in [0.1, 0.15) is 18.9 Å². The third-order valence-corrected chi connectivity index (χ3v) is 3.49. The van der Waals surface area contributed by atoms with Gasteiger partial charge in [-0.15, -0.1) is 0 Å². The van der Waals surface area contributed by atoms with Crippen molar-refractivity contribution in [3.05, 3.63) is 29.8 Å². The second-order valence-electron chi connectivity index (χ2n) is 4.93.